The molecule has 1 saturated heterocycles. The van der Waals surface area contributed by atoms with Gasteiger partial charge >= 0.3 is 0 Å². The zero-order chi connectivity index (χ0) is 25.0. The molecule has 4 aliphatic rings. The van der Waals surface area contributed by atoms with Crippen molar-refractivity contribution in [3.8, 4) is 16.9 Å². The fourth-order valence-corrected chi connectivity index (χ4v) is 5.83. The highest BCUT2D eigenvalue weighted by molar-refractivity contribution is 6.02. The van der Waals surface area contributed by atoms with Crippen molar-refractivity contribution < 1.29 is 18.7 Å². The predicted octanol–water partition coefficient (Wildman–Crippen LogP) is 3.62. The van der Waals surface area contributed by atoms with E-state index < -0.39 is 23.4 Å². The number of hydrogen-bond donors (Lipinski definition) is 2. The number of benzene rings is 1. The molecule has 0 radical (unpaired) electrons. The number of carbonyl (C=O) groups is 1. The number of carbonyl (C=O) groups excluding carboxylic acids is 1. The van der Waals surface area contributed by atoms with Gasteiger partial charge in [-0.15, -0.1) is 0 Å². The second-order valence-corrected chi connectivity index (χ2v) is 10.5. The summed E-state index contributed by atoms with van der Waals surface area (Å²) in [5.74, 6) is -0.696. The molecular formula is C27H28F2N4O3. The molecule has 3 saturated carbocycles. The van der Waals surface area contributed by atoms with Crippen molar-refractivity contribution in [3.63, 3.8) is 0 Å². The molecule has 7 rings (SSSR count). The summed E-state index contributed by atoms with van der Waals surface area (Å²) >= 11 is 0. The topological polar surface area (TPSA) is 87.5 Å². The van der Waals surface area contributed by atoms with Gasteiger partial charge in [-0.1, -0.05) is 12.1 Å². The summed E-state index contributed by atoms with van der Waals surface area (Å²) in [4.78, 5) is 33.4. The summed E-state index contributed by atoms with van der Waals surface area (Å²) in [5, 5.41) is 14.4. The molecule has 3 aliphatic carbocycles. The second kappa shape index (κ2) is 8.65. The van der Waals surface area contributed by atoms with Crippen molar-refractivity contribution in [2.45, 2.75) is 50.4 Å². The first kappa shape index (κ1) is 23.1. The second-order valence-electron chi connectivity index (χ2n) is 10.5. The minimum Gasteiger partial charge on any atom is -0.506 e. The first-order valence-electron chi connectivity index (χ1n) is 12.5. The van der Waals surface area contributed by atoms with Crippen LogP contribution in [0.4, 0.5) is 8.78 Å². The van der Waals surface area contributed by atoms with E-state index in [4.69, 9.17) is 0 Å². The molecule has 9 heteroatoms. The summed E-state index contributed by atoms with van der Waals surface area (Å²) in [6.07, 6.45) is 4.41. The predicted molar refractivity (Wildman–Crippen MR) is 131 cm³/mol. The summed E-state index contributed by atoms with van der Waals surface area (Å²) in [5.41, 5.74) is 0.450. The van der Waals surface area contributed by atoms with Gasteiger partial charge in [0.15, 0.2) is 0 Å². The lowest BCUT2D eigenvalue weighted by atomic mass is 9.50. The van der Waals surface area contributed by atoms with Crippen LogP contribution in [0, 0.1) is 11.7 Å². The number of halogens is 2. The molecule has 2 aromatic heterocycles. The Balaban J connectivity index is 1.40. The molecular weight excluding hydrogens is 466 g/mol. The lowest BCUT2D eigenvalue weighted by Gasteiger charge is -2.61. The van der Waals surface area contributed by atoms with Gasteiger partial charge in [-0.25, -0.2) is 13.8 Å². The van der Waals surface area contributed by atoms with Crippen LogP contribution in [0.5, 0.6) is 5.75 Å². The SMILES string of the molecule is O=C(NC12CC(C1)C2)c1c(O)c2cc(-c3ccc(F)cc3)cnc2n(CCN2CCC(F)CC2)c1=O. The van der Waals surface area contributed by atoms with Crippen molar-refractivity contribution in [1.82, 2.24) is 19.8 Å². The van der Waals surface area contributed by atoms with Crippen LogP contribution in [-0.4, -0.2) is 56.8 Å². The Morgan fingerprint density at radius 2 is 1.81 bits per heavy atom. The number of fused-ring (bicyclic) bond motifs is 1. The summed E-state index contributed by atoms with van der Waals surface area (Å²) in [6, 6.07) is 7.56. The number of likely N-dealkylation sites (tertiary alicyclic amines) is 1. The van der Waals surface area contributed by atoms with E-state index in [1.165, 1.54) is 16.7 Å². The van der Waals surface area contributed by atoms with E-state index in [0.717, 1.165) is 19.3 Å². The molecule has 3 aromatic rings. The fourth-order valence-electron chi connectivity index (χ4n) is 5.83. The van der Waals surface area contributed by atoms with Crippen LogP contribution in [-0.2, 0) is 6.54 Å². The Hall–Kier alpha value is -3.33. The van der Waals surface area contributed by atoms with E-state index >= 15 is 0 Å². The highest BCUT2D eigenvalue weighted by Gasteiger charge is 2.57. The highest BCUT2D eigenvalue weighted by atomic mass is 19.1. The quantitative estimate of drug-likeness (QED) is 0.547. The van der Waals surface area contributed by atoms with Gasteiger partial charge in [-0.3, -0.25) is 14.2 Å². The Kier molecular flexibility index (Phi) is 5.55. The fraction of sp³-hybridized carbons (Fsp3) is 0.444. The molecule has 0 unspecified atom stereocenters. The zero-order valence-corrected chi connectivity index (χ0v) is 19.8. The average molecular weight is 495 g/mol. The Bertz CT molecular complexity index is 1380. The van der Waals surface area contributed by atoms with Crippen LogP contribution in [0.1, 0.15) is 42.5 Å². The molecule has 2 bridgehead atoms. The first-order valence-corrected chi connectivity index (χ1v) is 12.5. The van der Waals surface area contributed by atoms with Crippen LogP contribution in [0.15, 0.2) is 41.3 Å². The smallest absolute Gasteiger partial charge is 0.268 e. The molecule has 0 atom stereocenters. The molecule has 1 amide bonds. The van der Waals surface area contributed by atoms with Gasteiger partial charge in [-0.2, -0.15) is 0 Å². The number of aromatic nitrogens is 2. The monoisotopic (exact) mass is 494 g/mol. The number of amides is 1. The van der Waals surface area contributed by atoms with Crippen LogP contribution in [0.2, 0.25) is 0 Å². The summed E-state index contributed by atoms with van der Waals surface area (Å²) in [7, 11) is 0. The molecule has 36 heavy (non-hydrogen) atoms. The van der Waals surface area contributed by atoms with Crippen molar-refractivity contribution in [2.75, 3.05) is 19.6 Å². The number of pyridine rings is 2. The van der Waals surface area contributed by atoms with Crippen molar-refractivity contribution in [3.05, 3.63) is 58.3 Å². The largest absolute Gasteiger partial charge is 0.506 e. The normalized spacial score (nSPS) is 23.8. The molecule has 7 nitrogen and oxygen atoms in total. The maximum absolute atomic E-state index is 13.6. The number of hydrogen-bond acceptors (Lipinski definition) is 5. The first-order chi connectivity index (χ1) is 17.3. The van der Waals surface area contributed by atoms with E-state index in [1.54, 1.807) is 24.4 Å². The van der Waals surface area contributed by atoms with Gasteiger partial charge < -0.3 is 15.3 Å². The van der Waals surface area contributed by atoms with E-state index in [2.05, 4.69) is 15.2 Å². The van der Waals surface area contributed by atoms with Crippen molar-refractivity contribution >= 4 is 16.9 Å². The third-order valence-corrected chi connectivity index (χ3v) is 8.05. The molecule has 3 heterocycles. The molecule has 188 valence electrons. The number of nitrogens with one attached hydrogen (secondary N) is 1. The number of rotatable bonds is 6. The third kappa shape index (κ3) is 3.95. The van der Waals surface area contributed by atoms with E-state index in [-0.39, 0.29) is 34.5 Å². The Labute approximate surface area is 206 Å². The van der Waals surface area contributed by atoms with E-state index in [9.17, 15) is 23.5 Å². The Morgan fingerprint density at radius 3 is 2.44 bits per heavy atom. The summed E-state index contributed by atoms with van der Waals surface area (Å²) in [6.45, 7) is 1.96. The summed E-state index contributed by atoms with van der Waals surface area (Å²) < 4.78 is 28.4. The van der Waals surface area contributed by atoms with Gasteiger partial charge in [0.05, 0.1) is 5.39 Å². The van der Waals surface area contributed by atoms with E-state index in [1.807, 2.05) is 0 Å². The van der Waals surface area contributed by atoms with Crippen LogP contribution in [0.3, 0.4) is 0 Å². The van der Waals surface area contributed by atoms with E-state index in [0.29, 0.717) is 49.5 Å². The number of piperidine rings is 1. The standard InChI is InChI=1S/C27H28F2N4O3/c28-19-3-1-17(2-4-19)18-11-21-23(34)22(25(35)31-27-12-16(13-27)14-27)26(36)33(24(21)30-15-18)10-9-32-7-5-20(29)6-8-32/h1-4,11,15-16,20,34H,5-10,12-14H2,(H,31,35). The Morgan fingerprint density at radius 1 is 1.11 bits per heavy atom. The lowest BCUT2D eigenvalue weighted by molar-refractivity contribution is -0.0439. The van der Waals surface area contributed by atoms with Crippen LogP contribution >= 0.6 is 0 Å². The number of nitrogens with zero attached hydrogens (tertiary/aromatic N) is 3. The van der Waals surface area contributed by atoms with Gasteiger partial charge in [0.1, 0.15) is 28.9 Å². The molecule has 1 aliphatic heterocycles. The third-order valence-electron chi connectivity index (χ3n) is 8.05. The minimum atomic E-state index is -0.794. The van der Waals surface area contributed by atoms with Gasteiger partial charge in [0, 0.05) is 43.5 Å². The number of aromatic hydroxyl groups is 1. The number of alkyl halides is 1. The molecule has 2 N–H and O–H groups in total. The average Bonchev–Trinajstić information content (AvgIpc) is 2.82. The van der Waals surface area contributed by atoms with Crippen molar-refractivity contribution in [2.24, 2.45) is 5.92 Å². The highest BCUT2D eigenvalue weighted by Crippen LogP contribution is 2.57. The van der Waals surface area contributed by atoms with Gasteiger partial charge in [0.25, 0.3) is 11.5 Å². The zero-order valence-electron chi connectivity index (χ0n) is 19.8. The van der Waals surface area contributed by atoms with Crippen LogP contribution in [0.25, 0.3) is 22.2 Å². The molecule has 4 fully saturated rings. The molecule has 1 aromatic carbocycles. The van der Waals surface area contributed by atoms with Gasteiger partial charge in [-0.05, 0) is 61.8 Å². The minimum absolute atomic E-state index is 0.253. The lowest BCUT2D eigenvalue weighted by Crippen LogP contribution is -2.68. The van der Waals surface area contributed by atoms with Crippen LogP contribution < -0.4 is 10.9 Å². The maximum Gasteiger partial charge on any atom is 0.268 e. The molecule has 0 spiro atoms. The van der Waals surface area contributed by atoms with Gasteiger partial charge in [0.2, 0.25) is 0 Å². The maximum atomic E-state index is 13.6. The van der Waals surface area contributed by atoms with Crippen molar-refractivity contribution in [1.29, 1.82) is 0 Å².